The van der Waals surface area contributed by atoms with Crippen LogP contribution < -0.4 is 15.0 Å². The molecule has 1 aromatic heterocycles. The number of amides is 2. The number of rotatable bonds is 6. The molecule has 1 atom stereocenters. The summed E-state index contributed by atoms with van der Waals surface area (Å²) >= 11 is 0. The van der Waals surface area contributed by atoms with Crippen molar-refractivity contribution in [2.45, 2.75) is 19.3 Å². The van der Waals surface area contributed by atoms with Gasteiger partial charge < -0.3 is 14.1 Å². The number of aromatic nitrogens is 2. The number of nitrogens with one attached hydrogen (secondary N) is 1. The maximum atomic E-state index is 12.3. The molecule has 1 aliphatic rings. The molecule has 0 radical (unpaired) electrons. The fourth-order valence-electron chi connectivity index (χ4n) is 3.12. The first kappa shape index (κ1) is 18.7. The number of hydrogen-bond acceptors (Lipinski definition) is 6. The standard InChI is InChI=1S/C21H20N4O4/c1-14-7-9-17(10-8-14)28-13-18(26)22-21-24-23-20(29-21)15-11-19(27)25(12-15)16-5-3-2-4-6-16/h2-10,15H,11-13H2,1H3,(H,22,24,26). The van der Waals surface area contributed by atoms with Crippen molar-refractivity contribution in [3.05, 3.63) is 66.1 Å². The summed E-state index contributed by atoms with van der Waals surface area (Å²) in [5, 5.41) is 10.4. The van der Waals surface area contributed by atoms with Gasteiger partial charge in [0.05, 0.1) is 5.92 Å². The lowest BCUT2D eigenvalue weighted by atomic mass is 10.1. The van der Waals surface area contributed by atoms with Crippen LogP contribution in [-0.4, -0.2) is 35.2 Å². The van der Waals surface area contributed by atoms with Gasteiger partial charge in [0.25, 0.3) is 5.91 Å². The zero-order valence-corrected chi connectivity index (χ0v) is 15.9. The van der Waals surface area contributed by atoms with Crippen molar-refractivity contribution < 1.29 is 18.7 Å². The minimum absolute atomic E-state index is 0.00326. The van der Waals surface area contributed by atoms with Crippen LogP contribution in [0.25, 0.3) is 0 Å². The van der Waals surface area contributed by atoms with Crippen molar-refractivity contribution >= 4 is 23.5 Å². The molecule has 1 aliphatic heterocycles. The van der Waals surface area contributed by atoms with E-state index in [4.69, 9.17) is 9.15 Å². The number of para-hydroxylation sites is 1. The van der Waals surface area contributed by atoms with Gasteiger partial charge in [0.2, 0.25) is 11.8 Å². The monoisotopic (exact) mass is 392 g/mol. The molecule has 8 heteroatoms. The fourth-order valence-corrected chi connectivity index (χ4v) is 3.12. The highest BCUT2D eigenvalue weighted by atomic mass is 16.5. The quantitative estimate of drug-likeness (QED) is 0.693. The molecule has 0 bridgehead atoms. The molecule has 1 unspecified atom stereocenters. The molecule has 148 valence electrons. The van der Waals surface area contributed by atoms with E-state index < -0.39 is 5.91 Å². The molecule has 0 aliphatic carbocycles. The highest BCUT2D eigenvalue weighted by molar-refractivity contribution is 5.96. The Morgan fingerprint density at radius 1 is 1.17 bits per heavy atom. The third kappa shape index (κ3) is 4.43. The van der Waals surface area contributed by atoms with Gasteiger partial charge in [-0.25, -0.2) is 0 Å². The van der Waals surface area contributed by atoms with E-state index in [-0.39, 0.29) is 30.9 Å². The Morgan fingerprint density at radius 3 is 2.69 bits per heavy atom. The summed E-state index contributed by atoms with van der Waals surface area (Å²) in [4.78, 5) is 26.1. The Kier molecular flexibility index (Phi) is 5.24. The molecule has 1 fully saturated rings. The molecule has 2 aromatic carbocycles. The second-order valence-corrected chi connectivity index (χ2v) is 6.84. The van der Waals surface area contributed by atoms with Gasteiger partial charge in [-0.05, 0) is 31.2 Å². The minimum atomic E-state index is -0.408. The second-order valence-electron chi connectivity index (χ2n) is 6.84. The highest BCUT2D eigenvalue weighted by Gasteiger charge is 2.35. The largest absolute Gasteiger partial charge is 0.484 e. The zero-order chi connectivity index (χ0) is 20.2. The van der Waals surface area contributed by atoms with Crippen LogP contribution in [-0.2, 0) is 9.59 Å². The summed E-state index contributed by atoms with van der Waals surface area (Å²) in [5.41, 5.74) is 1.94. The molecule has 3 aromatic rings. The Labute approximate surface area is 167 Å². The van der Waals surface area contributed by atoms with Gasteiger partial charge >= 0.3 is 6.01 Å². The summed E-state index contributed by atoms with van der Waals surface area (Å²) in [6, 6.07) is 16.8. The average molecular weight is 392 g/mol. The number of carbonyl (C=O) groups is 2. The van der Waals surface area contributed by atoms with Crippen molar-refractivity contribution in [3.63, 3.8) is 0 Å². The molecule has 2 amide bonds. The smallest absolute Gasteiger partial charge is 0.322 e. The third-order valence-corrected chi connectivity index (χ3v) is 4.62. The maximum Gasteiger partial charge on any atom is 0.322 e. The minimum Gasteiger partial charge on any atom is -0.484 e. The van der Waals surface area contributed by atoms with Crippen molar-refractivity contribution in [2.24, 2.45) is 0 Å². The lowest BCUT2D eigenvalue weighted by Gasteiger charge is -2.15. The normalized spacial score (nSPS) is 16.1. The number of benzene rings is 2. The Hall–Kier alpha value is -3.68. The summed E-state index contributed by atoms with van der Waals surface area (Å²) in [6.07, 6.45) is 0.279. The summed E-state index contributed by atoms with van der Waals surface area (Å²) in [6.45, 7) is 2.25. The summed E-state index contributed by atoms with van der Waals surface area (Å²) < 4.78 is 11.0. The van der Waals surface area contributed by atoms with Crippen molar-refractivity contribution in [1.29, 1.82) is 0 Å². The Balaban J connectivity index is 1.33. The SMILES string of the molecule is Cc1ccc(OCC(=O)Nc2nnc(C3CC(=O)N(c4ccccc4)C3)o2)cc1. The molecule has 29 heavy (non-hydrogen) atoms. The maximum absolute atomic E-state index is 12.3. The lowest BCUT2D eigenvalue weighted by molar-refractivity contribution is -0.118. The first-order valence-corrected chi connectivity index (χ1v) is 9.26. The van der Waals surface area contributed by atoms with Crippen LogP contribution in [0, 0.1) is 6.92 Å². The number of ether oxygens (including phenoxy) is 1. The van der Waals surface area contributed by atoms with E-state index in [1.54, 1.807) is 17.0 Å². The van der Waals surface area contributed by atoms with Gasteiger partial charge in [0, 0.05) is 18.7 Å². The third-order valence-electron chi connectivity index (χ3n) is 4.62. The van der Waals surface area contributed by atoms with Gasteiger partial charge in [0.1, 0.15) is 5.75 Å². The Bertz CT molecular complexity index is 1000. The average Bonchev–Trinajstić information content (AvgIpc) is 3.35. The number of hydrogen-bond donors (Lipinski definition) is 1. The first-order chi connectivity index (χ1) is 14.1. The number of aryl methyl sites for hydroxylation is 1. The molecule has 1 N–H and O–H groups in total. The molecular formula is C21H20N4O4. The number of anilines is 2. The van der Waals surface area contributed by atoms with E-state index in [1.807, 2.05) is 49.4 Å². The van der Waals surface area contributed by atoms with Crippen LogP contribution >= 0.6 is 0 Å². The molecule has 0 saturated carbocycles. The van der Waals surface area contributed by atoms with Crippen molar-refractivity contribution in [2.75, 3.05) is 23.4 Å². The van der Waals surface area contributed by atoms with E-state index in [9.17, 15) is 9.59 Å². The molecule has 8 nitrogen and oxygen atoms in total. The molecule has 1 saturated heterocycles. The first-order valence-electron chi connectivity index (χ1n) is 9.26. The van der Waals surface area contributed by atoms with Crippen LogP contribution in [0.1, 0.15) is 23.8 Å². The second kappa shape index (κ2) is 8.14. The van der Waals surface area contributed by atoms with Gasteiger partial charge in [-0.3, -0.25) is 14.9 Å². The van der Waals surface area contributed by atoms with Gasteiger partial charge in [0.15, 0.2) is 6.61 Å². The van der Waals surface area contributed by atoms with Crippen LogP contribution in [0.15, 0.2) is 59.0 Å². The van der Waals surface area contributed by atoms with Crippen molar-refractivity contribution in [1.82, 2.24) is 10.2 Å². The number of nitrogens with zero attached hydrogens (tertiary/aromatic N) is 3. The zero-order valence-electron chi connectivity index (χ0n) is 15.9. The van der Waals surface area contributed by atoms with Crippen LogP contribution in [0.4, 0.5) is 11.7 Å². The lowest BCUT2D eigenvalue weighted by Crippen LogP contribution is -2.24. The topological polar surface area (TPSA) is 97.6 Å². The summed E-state index contributed by atoms with van der Waals surface area (Å²) in [5.74, 6) is 0.296. The predicted molar refractivity (Wildman–Crippen MR) is 106 cm³/mol. The predicted octanol–water partition coefficient (Wildman–Crippen LogP) is 2.92. The van der Waals surface area contributed by atoms with Gasteiger partial charge in [-0.2, -0.15) is 0 Å². The fraction of sp³-hybridized carbons (Fsp3) is 0.238. The van der Waals surface area contributed by atoms with E-state index in [0.717, 1.165) is 11.3 Å². The van der Waals surface area contributed by atoms with Crippen LogP contribution in [0.5, 0.6) is 5.75 Å². The number of carbonyl (C=O) groups excluding carboxylic acids is 2. The van der Waals surface area contributed by atoms with Crippen molar-refractivity contribution in [3.8, 4) is 5.75 Å². The highest BCUT2D eigenvalue weighted by Crippen LogP contribution is 2.31. The van der Waals surface area contributed by atoms with E-state index >= 15 is 0 Å². The molecule has 0 spiro atoms. The van der Waals surface area contributed by atoms with Crippen LogP contribution in [0.2, 0.25) is 0 Å². The summed E-state index contributed by atoms with van der Waals surface area (Å²) in [7, 11) is 0. The molecular weight excluding hydrogens is 372 g/mol. The van der Waals surface area contributed by atoms with E-state index in [0.29, 0.717) is 18.2 Å². The van der Waals surface area contributed by atoms with Gasteiger partial charge in [-0.1, -0.05) is 41.0 Å². The Morgan fingerprint density at radius 2 is 1.93 bits per heavy atom. The van der Waals surface area contributed by atoms with Gasteiger partial charge in [-0.15, -0.1) is 5.10 Å². The molecule has 2 heterocycles. The van der Waals surface area contributed by atoms with E-state index in [1.165, 1.54) is 0 Å². The molecule has 4 rings (SSSR count). The van der Waals surface area contributed by atoms with E-state index in [2.05, 4.69) is 15.5 Å². The van der Waals surface area contributed by atoms with Crippen LogP contribution in [0.3, 0.4) is 0 Å².